The van der Waals surface area contributed by atoms with Crippen molar-refractivity contribution < 1.29 is 9.53 Å². The lowest BCUT2D eigenvalue weighted by molar-refractivity contribution is 0.0985. The molecule has 1 aliphatic rings. The number of thiophene rings is 1. The van der Waals surface area contributed by atoms with E-state index in [1.54, 1.807) is 18.4 Å². The summed E-state index contributed by atoms with van der Waals surface area (Å²) in [5, 5.41) is 2.00. The summed E-state index contributed by atoms with van der Waals surface area (Å²) in [6.45, 7) is 2.13. The van der Waals surface area contributed by atoms with Gasteiger partial charge in [-0.25, -0.2) is 0 Å². The number of benzene rings is 1. The van der Waals surface area contributed by atoms with Crippen LogP contribution < -0.4 is 4.74 Å². The number of hydrogen-bond donors (Lipinski definition) is 0. The first-order valence-electron chi connectivity index (χ1n) is 5.91. The summed E-state index contributed by atoms with van der Waals surface area (Å²) in [4.78, 5) is 13.0. The summed E-state index contributed by atoms with van der Waals surface area (Å²) in [7, 11) is 1.67. The van der Waals surface area contributed by atoms with Crippen LogP contribution in [0.1, 0.15) is 34.1 Å². The average molecular weight is 258 g/mol. The van der Waals surface area contributed by atoms with E-state index in [-0.39, 0.29) is 11.2 Å². The lowest BCUT2D eigenvalue weighted by atomic mass is 9.77. The van der Waals surface area contributed by atoms with E-state index in [1.165, 1.54) is 0 Å². The number of hydrogen-bond acceptors (Lipinski definition) is 3. The maximum atomic E-state index is 12.1. The van der Waals surface area contributed by atoms with Crippen LogP contribution in [0.15, 0.2) is 35.7 Å². The molecule has 92 valence electrons. The van der Waals surface area contributed by atoms with Gasteiger partial charge in [-0.3, -0.25) is 4.79 Å². The van der Waals surface area contributed by atoms with Crippen molar-refractivity contribution in [2.45, 2.75) is 18.8 Å². The van der Waals surface area contributed by atoms with Gasteiger partial charge in [0, 0.05) is 17.4 Å². The molecule has 0 N–H and O–H groups in total. The van der Waals surface area contributed by atoms with Gasteiger partial charge in [0.25, 0.3) is 0 Å². The van der Waals surface area contributed by atoms with E-state index in [9.17, 15) is 4.79 Å². The zero-order chi connectivity index (χ0) is 12.8. The summed E-state index contributed by atoms with van der Waals surface area (Å²) in [5.41, 5.74) is 1.99. The highest BCUT2D eigenvalue weighted by Crippen LogP contribution is 2.48. The van der Waals surface area contributed by atoms with E-state index < -0.39 is 0 Å². The highest BCUT2D eigenvalue weighted by molar-refractivity contribution is 7.12. The molecule has 0 amide bonds. The quantitative estimate of drug-likeness (QED) is 0.822. The van der Waals surface area contributed by atoms with Crippen molar-refractivity contribution in [3.63, 3.8) is 0 Å². The minimum atomic E-state index is -0.251. The third kappa shape index (κ3) is 1.44. The highest BCUT2D eigenvalue weighted by Gasteiger charge is 2.43. The van der Waals surface area contributed by atoms with Gasteiger partial charge in [-0.05, 0) is 23.1 Å². The second-order valence-electron chi connectivity index (χ2n) is 4.80. The molecule has 1 aromatic heterocycles. The molecular weight excluding hydrogens is 244 g/mol. The maximum Gasteiger partial charge on any atom is 0.174 e. The molecule has 1 aliphatic carbocycles. The van der Waals surface area contributed by atoms with Gasteiger partial charge >= 0.3 is 0 Å². The van der Waals surface area contributed by atoms with Crippen LogP contribution in [-0.2, 0) is 5.41 Å². The van der Waals surface area contributed by atoms with Gasteiger partial charge in [0.15, 0.2) is 5.78 Å². The van der Waals surface area contributed by atoms with Gasteiger partial charge in [-0.1, -0.05) is 25.1 Å². The van der Waals surface area contributed by atoms with Gasteiger partial charge in [0.05, 0.1) is 12.0 Å². The normalized spacial score (nSPS) is 22.0. The number of fused-ring (bicyclic) bond motifs is 1. The molecular formula is C15H14O2S. The van der Waals surface area contributed by atoms with Crippen LogP contribution in [0, 0.1) is 0 Å². The Labute approximate surface area is 110 Å². The van der Waals surface area contributed by atoms with Crippen LogP contribution in [0.3, 0.4) is 0 Å². The largest absolute Gasteiger partial charge is 0.496 e. The van der Waals surface area contributed by atoms with Crippen molar-refractivity contribution in [1.82, 2.24) is 0 Å². The third-order valence-electron chi connectivity index (χ3n) is 3.73. The number of para-hydroxylation sites is 1. The van der Waals surface area contributed by atoms with Gasteiger partial charge in [0.1, 0.15) is 5.75 Å². The van der Waals surface area contributed by atoms with Crippen LogP contribution in [0.25, 0.3) is 0 Å². The molecule has 0 radical (unpaired) electrons. The predicted octanol–water partition coefficient (Wildman–Crippen LogP) is 3.65. The van der Waals surface area contributed by atoms with Crippen molar-refractivity contribution in [2.24, 2.45) is 0 Å². The fraction of sp³-hybridized carbons (Fsp3) is 0.267. The minimum Gasteiger partial charge on any atom is -0.496 e. The first-order valence-corrected chi connectivity index (χ1v) is 6.79. The first-order chi connectivity index (χ1) is 8.66. The number of carbonyl (C=O) groups excluding carboxylic acids is 1. The van der Waals surface area contributed by atoms with Crippen LogP contribution in [0.5, 0.6) is 5.75 Å². The van der Waals surface area contributed by atoms with E-state index in [2.05, 4.69) is 19.1 Å². The van der Waals surface area contributed by atoms with Crippen LogP contribution >= 0.6 is 11.3 Å². The molecule has 0 spiro atoms. The number of carbonyl (C=O) groups is 1. The molecule has 3 rings (SSSR count). The molecule has 1 heterocycles. The number of methoxy groups -OCH3 is 1. The molecule has 3 heteroatoms. The van der Waals surface area contributed by atoms with E-state index in [4.69, 9.17) is 4.74 Å². The maximum absolute atomic E-state index is 12.1. The molecule has 1 unspecified atom stereocenters. The molecule has 0 bridgehead atoms. The van der Waals surface area contributed by atoms with E-state index in [1.807, 2.05) is 23.6 Å². The third-order valence-corrected chi connectivity index (χ3v) is 4.68. The van der Waals surface area contributed by atoms with Crippen LogP contribution in [-0.4, -0.2) is 12.9 Å². The lowest BCUT2D eigenvalue weighted by Gasteiger charge is -2.26. The number of ketones is 1. The number of ether oxygens (including phenoxy) is 1. The summed E-state index contributed by atoms with van der Waals surface area (Å²) < 4.78 is 5.44. The SMILES string of the molecule is COc1ccccc1C1(C)CC(=O)c2sccc21. The summed E-state index contributed by atoms with van der Waals surface area (Å²) in [5.74, 6) is 1.10. The number of Topliss-reactive ketones (excluding diaryl/α,β-unsaturated/α-hetero) is 1. The topological polar surface area (TPSA) is 26.3 Å². The van der Waals surface area contributed by atoms with Crippen molar-refractivity contribution in [3.05, 3.63) is 51.7 Å². The van der Waals surface area contributed by atoms with Gasteiger partial charge in [0.2, 0.25) is 0 Å². The van der Waals surface area contributed by atoms with Crippen molar-refractivity contribution in [1.29, 1.82) is 0 Å². The predicted molar refractivity (Wildman–Crippen MR) is 72.7 cm³/mol. The van der Waals surface area contributed by atoms with Crippen LogP contribution in [0.4, 0.5) is 0 Å². The monoisotopic (exact) mass is 258 g/mol. The van der Waals surface area contributed by atoms with Gasteiger partial charge in [-0.2, -0.15) is 0 Å². The summed E-state index contributed by atoms with van der Waals surface area (Å²) in [6, 6.07) is 10.0. The highest BCUT2D eigenvalue weighted by atomic mass is 32.1. The molecule has 0 saturated carbocycles. The molecule has 1 aromatic carbocycles. The van der Waals surface area contributed by atoms with Gasteiger partial charge in [-0.15, -0.1) is 11.3 Å². The number of rotatable bonds is 2. The molecule has 0 aliphatic heterocycles. The summed E-state index contributed by atoms with van der Waals surface area (Å²) in [6.07, 6.45) is 0.537. The zero-order valence-corrected chi connectivity index (χ0v) is 11.2. The Morgan fingerprint density at radius 1 is 1.22 bits per heavy atom. The molecule has 0 fully saturated rings. The van der Waals surface area contributed by atoms with E-state index in [0.717, 1.165) is 21.8 Å². The Morgan fingerprint density at radius 3 is 2.78 bits per heavy atom. The molecule has 2 nitrogen and oxygen atoms in total. The van der Waals surface area contributed by atoms with Crippen molar-refractivity contribution in [3.8, 4) is 5.75 Å². The molecule has 1 atom stereocenters. The van der Waals surface area contributed by atoms with E-state index >= 15 is 0 Å². The molecule has 18 heavy (non-hydrogen) atoms. The Kier molecular flexibility index (Phi) is 2.52. The summed E-state index contributed by atoms with van der Waals surface area (Å²) >= 11 is 1.54. The second-order valence-corrected chi connectivity index (χ2v) is 5.71. The van der Waals surface area contributed by atoms with Gasteiger partial charge < -0.3 is 4.74 Å². The Hall–Kier alpha value is -1.61. The second kappa shape index (κ2) is 3.95. The van der Waals surface area contributed by atoms with Crippen molar-refractivity contribution in [2.75, 3.05) is 7.11 Å². The Morgan fingerprint density at radius 2 is 2.00 bits per heavy atom. The standard InChI is InChI=1S/C15H14O2S/c1-15(10-5-3-4-6-13(10)17-2)9-12(16)14-11(15)7-8-18-14/h3-8H,9H2,1-2H3. The fourth-order valence-corrected chi connectivity index (χ4v) is 3.76. The molecule has 2 aromatic rings. The van der Waals surface area contributed by atoms with Crippen molar-refractivity contribution >= 4 is 17.1 Å². The fourth-order valence-electron chi connectivity index (χ4n) is 2.80. The zero-order valence-electron chi connectivity index (χ0n) is 10.4. The van der Waals surface area contributed by atoms with Crippen LogP contribution in [0.2, 0.25) is 0 Å². The van der Waals surface area contributed by atoms with E-state index in [0.29, 0.717) is 6.42 Å². The minimum absolute atomic E-state index is 0.244. The Balaban J connectivity index is 2.21. The lowest BCUT2D eigenvalue weighted by Crippen LogP contribution is -2.21. The smallest absolute Gasteiger partial charge is 0.174 e. The Bertz CT molecular complexity index is 614. The first kappa shape index (κ1) is 11.5. The molecule has 0 saturated heterocycles. The average Bonchev–Trinajstić information content (AvgIpc) is 2.95.